The Morgan fingerprint density at radius 1 is 0.963 bits per heavy atom. The van der Waals surface area contributed by atoms with Crippen molar-refractivity contribution in [1.29, 1.82) is 0 Å². The number of nitrogens with one attached hydrogen (secondary N) is 1. The van der Waals surface area contributed by atoms with Gasteiger partial charge >= 0.3 is 5.97 Å². The van der Waals surface area contributed by atoms with E-state index in [-0.39, 0.29) is 24.3 Å². The molecule has 3 aromatic rings. The summed E-state index contributed by atoms with van der Waals surface area (Å²) in [5.74, 6) is -1.02. The second-order valence-corrected chi connectivity index (χ2v) is 6.68. The number of benzene rings is 2. The Kier molecular flexibility index (Phi) is 6.44. The van der Waals surface area contributed by atoms with Gasteiger partial charge < -0.3 is 14.5 Å². The van der Waals surface area contributed by atoms with Crippen LogP contribution in [0.4, 0.5) is 0 Å². The fourth-order valence-electron chi connectivity index (χ4n) is 2.65. The summed E-state index contributed by atoms with van der Waals surface area (Å²) in [6.07, 6.45) is 0.635. The van der Waals surface area contributed by atoms with Crippen molar-refractivity contribution in [3.8, 4) is 0 Å². The first kappa shape index (κ1) is 18.9. The van der Waals surface area contributed by atoms with E-state index in [1.165, 1.54) is 6.07 Å². The highest BCUT2D eigenvalue weighted by molar-refractivity contribution is 9.10. The molecule has 0 saturated heterocycles. The highest BCUT2D eigenvalue weighted by Gasteiger charge is 2.18. The van der Waals surface area contributed by atoms with Crippen molar-refractivity contribution in [2.24, 2.45) is 0 Å². The first-order chi connectivity index (χ1) is 13.1. The van der Waals surface area contributed by atoms with Gasteiger partial charge in [-0.3, -0.25) is 4.79 Å². The Balaban J connectivity index is 1.62. The maximum Gasteiger partial charge on any atom is 0.374 e. The minimum Gasteiger partial charge on any atom is -0.450 e. The van der Waals surface area contributed by atoms with Crippen molar-refractivity contribution in [2.75, 3.05) is 6.61 Å². The third-order valence-corrected chi connectivity index (χ3v) is 4.35. The van der Waals surface area contributed by atoms with Gasteiger partial charge in [0.05, 0.1) is 6.04 Å². The quantitative estimate of drug-likeness (QED) is 0.570. The second-order valence-electron chi connectivity index (χ2n) is 5.90. The third-order valence-electron chi connectivity index (χ3n) is 3.93. The Hall–Kier alpha value is -2.86. The van der Waals surface area contributed by atoms with Crippen molar-refractivity contribution in [1.82, 2.24) is 5.32 Å². The maximum atomic E-state index is 12.3. The zero-order valence-corrected chi connectivity index (χ0v) is 16.0. The molecule has 0 aliphatic heterocycles. The Morgan fingerprint density at radius 2 is 1.63 bits per heavy atom. The fourth-order valence-corrected chi connectivity index (χ4v) is 2.96. The first-order valence-corrected chi connectivity index (χ1v) is 9.22. The molecule has 1 atom stereocenters. The highest BCUT2D eigenvalue weighted by Crippen LogP contribution is 2.18. The Labute approximate surface area is 165 Å². The number of carbonyl (C=O) groups excluding carboxylic acids is 2. The van der Waals surface area contributed by atoms with Crippen LogP contribution < -0.4 is 5.32 Å². The summed E-state index contributed by atoms with van der Waals surface area (Å²) in [6, 6.07) is 22.4. The Morgan fingerprint density at radius 3 is 2.26 bits per heavy atom. The van der Waals surface area contributed by atoms with Crippen LogP contribution >= 0.6 is 15.9 Å². The maximum absolute atomic E-state index is 12.3. The molecule has 1 N–H and O–H groups in total. The molecule has 0 radical (unpaired) electrons. The van der Waals surface area contributed by atoms with Crippen molar-refractivity contribution < 1.29 is 18.7 Å². The molecule has 1 amide bonds. The minimum absolute atomic E-state index is 0.0403. The van der Waals surface area contributed by atoms with Crippen LogP contribution in [0.25, 0.3) is 0 Å². The summed E-state index contributed by atoms with van der Waals surface area (Å²) in [5.41, 5.74) is 2.08. The van der Waals surface area contributed by atoms with Gasteiger partial charge in [0.25, 0.3) is 5.91 Å². The van der Waals surface area contributed by atoms with E-state index in [2.05, 4.69) is 21.2 Å². The van der Waals surface area contributed by atoms with E-state index in [0.29, 0.717) is 11.1 Å². The van der Waals surface area contributed by atoms with E-state index in [1.54, 1.807) is 6.07 Å². The highest BCUT2D eigenvalue weighted by atomic mass is 79.9. The molecule has 0 bridgehead atoms. The standard InChI is InChI=1S/C21H18BrNO4/c22-19-12-11-18(27-19)21(25)26-14-20(24)23-17(16-9-5-2-6-10-16)13-15-7-3-1-4-8-15/h1-12,17H,13-14H2,(H,23,24). The number of rotatable bonds is 7. The molecule has 0 fully saturated rings. The van der Waals surface area contributed by atoms with Gasteiger partial charge in [-0.2, -0.15) is 0 Å². The van der Waals surface area contributed by atoms with Crippen LogP contribution in [0, 0.1) is 0 Å². The number of halogens is 1. The molecule has 0 spiro atoms. The summed E-state index contributed by atoms with van der Waals surface area (Å²) in [7, 11) is 0. The van der Waals surface area contributed by atoms with E-state index in [9.17, 15) is 9.59 Å². The largest absolute Gasteiger partial charge is 0.450 e. The molecule has 0 aliphatic rings. The van der Waals surface area contributed by atoms with Crippen LogP contribution in [0.15, 0.2) is 81.9 Å². The van der Waals surface area contributed by atoms with E-state index >= 15 is 0 Å². The molecule has 1 aromatic heterocycles. The van der Waals surface area contributed by atoms with Gasteiger partial charge in [0.1, 0.15) is 0 Å². The summed E-state index contributed by atoms with van der Waals surface area (Å²) in [6.45, 7) is -0.380. The number of hydrogen-bond acceptors (Lipinski definition) is 4. The van der Waals surface area contributed by atoms with Gasteiger partial charge in [-0.15, -0.1) is 0 Å². The van der Waals surface area contributed by atoms with Crippen molar-refractivity contribution in [3.63, 3.8) is 0 Å². The summed E-state index contributed by atoms with van der Waals surface area (Å²) >= 11 is 3.12. The third kappa shape index (κ3) is 5.56. The topological polar surface area (TPSA) is 68.5 Å². The Bertz CT molecular complexity index is 893. The molecule has 0 saturated carbocycles. The van der Waals surface area contributed by atoms with Crippen LogP contribution in [-0.4, -0.2) is 18.5 Å². The monoisotopic (exact) mass is 427 g/mol. The molecule has 1 unspecified atom stereocenters. The number of esters is 1. The summed E-state index contributed by atoms with van der Waals surface area (Å²) < 4.78 is 10.6. The van der Waals surface area contributed by atoms with E-state index < -0.39 is 5.97 Å². The molecular formula is C21H18BrNO4. The molecule has 1 heterocycles. The summed E-state index contributed by atoms with van der Waals surface area (Å²) in [4.78, 5) is 24.2. The number of furan rings is 1. The van der Waals surface area contributed by atoms with Gasteiger partial charge in [0.15, 0.2) is 11.3 Å². The number of hydrogen-bond donors (Lipinski definition) is 1. The van der Waals surface area contributed by atoms with Crippen LogP contribution in [-0.2, 0) is 16.0 Å². The predicted molar refractivity (Wildman–Crippen MR) is 104 cm³/mol. The summed E-state index contributed by atoms with van der Waals surface area (Å²) in [5, 5.41) is 2.94. The molecule has 138 valence electrons. The van der Waals surface area contributed by atoms with Crippen molar-refractivity contribution >= 4 is 27.8 Å². The van der Waals surface area contributed by atoms with Crippen molar-refractivity contribution in [3.05, 3.63) is 94.4 Å². The fraction of sp³-hybridized carbons (Fsp3) is 0.143. The smallest absolute Gasteiger partial charge is 0.374 e. The lowest BCUT2D eigenvalue weighted by Crippen LogP contribution is -2.33. The molecule has 2 aromatic carbocycles. The lowest BCUT2D eigenvalue weighted by Gasteiger charge is -2.19. The zero-order chi connectivity index (χ0) is 19.1. The zero-order valence-electron chi connectivity index (χ0n) is 14.4. The lowest BCUT2D eigenvalue weighted by molar-refractivity contribution is -0.125. The van der Waals surface area contributed by atoms with Gasteiger partial charge in [0.2, 0.25) is 5.76 Å². The number of ether oxygens (including phenoxy) is 1. The van der Waals surface area contributed by atoms with Gasteiger partial charge in [0, 0.05) is 0 Å². The predicted octanol–water partition coefficient (Wildman–Crippen LogP) is 4.30. The van der Waals surface area contributed by atoms with Crippen LogP contribution in [0.5, 0.6) is 0 Å². The number of amides is 1. The molecule has 0 aliphatic carbocycles. The lowest BCUT2D eigenvalue weighted by atomic mass is 9.99. The van der Waals surface area contributed by atoms with E-state index in [1.807, 2.05) is 60.7 Å². The van der Waals surface area contributed by atoms with Gasteiger partial charge in [-0.1, -0.05) is 60.7 Å². The number of carbonyl (C=O) groups is 2. The van der Waals surface area contributed by atoms with Crippen LogP contribution in [0.2, 0.25) is 0 Å². The SMILES string of the molecule is O=C(COC(=O)c1ccc(Br)o1)NC(Cc1ccccc1)c1ccccc1. The van der Waals surface area contributed by atoms with Crippen molar-refractivity contribution in [2.45, 2.75) is 12.5 Å². The van der Waals surface area contributed by atoms with E-state index in [4.69, 9.17) is 9.15 Å². The van der Waals surface area contributed by atoms with Gasteiger partial charge in [-0.05, 0) is 45.6 Å². The second kappa shape index (κ2) is 9.19. The van der Waals surface area contributed by atoms with E-state index in [0.717, 1.165) is 11.1 Å². The molecule has 3 rings (SSSR count). The molecular weight excluding hydrogens is 410 g/mol. The molecule has 5 nitrogen and oxygen atoms in total. The average Bonchev–Trinajstić information content (AvgIpc) is 3.13. The normalized spacial score (nSPS) is 11.6. The average molecular weight is 428 g/mol. The first-order valence-electron chi connectivity index (χ1n) is 8.42. The molecule has 27 heavy (non-hydrogen) atoms. The van der Waals surface area contributed by atoms with Gasteiger partial charge in [-0.25, -0.2) is 4.79 Å². The van der Waals surface area contributed by atoms with Crippen LogP contribution in [0.3, 0.4) is 0 Å². The molecule has 6 heteroatoms. The minimum atomic E-state index is -0.685. The van der Waals surface area contributed by atoms with Crippen LogP contribution in [0.1, 0.15) is 27.7 Å².